The van der Waals surface area contributed by atoms with Crippen LogP contribution in [0.25, 0.3) is 16.8 Å². The van der Waals surface area contributed by atoms with E-state index in [-0.39, 0.29) is 11.6 Å². The molecule has 0 atom stereocenters. The Labute approximate surface area is 150 Å². The van der Waals surface area contributed by atoms with E-state index in [1.807, 2.05) is 50.2 Å². The van der Waals surface area contributed by atoms with Gasteiger partial charge in [0.25, 0.3) is 0 Å². The van der Waals surface area contributed by atoms with Crippen molar-refractivity contribution in [2.75, 3.05) is 0 Å². The van der Waals surface area contributed by atoms with Crippen LogP contribution >= 0.6 is 11.8 Å². The van der Waals surface area contributed by atoms with Crippen LogP contribution < -0.4 is 0 Å². The largest absolute Gasteiger partial charge is 0.298 e. The van der Waals surface area contributed by atoms with Gasteiger partial charge < -0.3 is 0 Å². The van der Waals surface area contributed by atoms with Crippen LogP contribution in [0.5, 0.6) is 0 Å². The molecule has 0 saturated heterocycles. The Hall–Kier alpha value is -2.47. The molecule has 0 aliphatic rings. The third kappa shape index (κ3) is 3.35. The Morgan fingerprint density at radius 1 is 1.08 bits per heavy atom. The summed E-state index contributed by atoms with van der Waals surface area (Å²) < 4.78 is 1.73. The number of aromatic nitrogens is 3. The van der Waals surface area contributed by atoms with Crippen LogP contribution in [-0.4, -0.2) is 31.4 Å². The van der Waals surface area contributed by atoms with E-state index in [2.05, 4.69) is 10.1 Å². The minimum atomic E-state index is -0.727. The van der Waals surface area contributed by atoms with Gasteiger partial charge in [-0.3, -0.25) is 9.59 Å². The van der Waals surface area contributed by atoms with Crippen molar-refractivity contribution in [2.24, 2.45) is 0 Å². The predicted molar refractivity (Wildman–Crippen MR) is 98.9 cm³/mol. The Morgan fingerprint density at radius 2 is 1.72 bits per heavy atom. The zero-order chi connectivity index (χ0) is 18.1. The zero-order valence-electron chi connectivity index (χ0n) is 14.6. The van der Waals surface area contributed by atoms with Crippen molar-refractivity contribution in [1.29, 1.82) is 0 Å². The Bertz CT molecular complexity index is 950. The smallest absolute Gasteiger partial charge is 0.164 e. The van der Waals surface area contributed by atoms with Crippen molar-refractivity contribution in [1.82, 2.24) is 14.6 Å². The number of carbonyl (C=O) groups is 2. The summed E-state index contributed by atoms with van der Waals surface area (Å²) in [6.45, 7) is 6.72. The van der Waals surface area contributed by atoms with Crippen LogP contribution in [0.1, 0.15) is 25.2 Å². The molecule has 3 rings (SSSR count). The van der Waals surface area contributed by atoms with Crippen LogP contribution in [0, 0.1) is 13.8 Å². The van der Waals surface area contributed by atoms with E-state index >= 15 is 0 Å². The van der Waals surface area contributed by atoms with Gasteiger partial charge in [-0.2, -0.15) is 5.10 Å². The number of carbonyl (C=O) groups excluding carboxylic acids is 2. The highest BCUT2D eigenvalue weighted by atomic mass is 32.2. The lowest BCUT2D eigenvalue weighted by molar-refractivity contribution is -0.123. The molecule has 0 unspecified atom stereocenters. The van der Waals surface area contributed by atoms with Gasteiger partial charge in [0.2, 0.25) is 0 Å². The quantitative estimate of drug-likeness (QED) is 0.398. The fourth-order valence-corrected chi connectivity index (χ4v) is 3.85. The van der Waals surface area contributed by atoms with Crippen LogP contribution in [0.4, 0.5) is 0 Å². The van der Waals surface area contributed by atoms with E-state index in [0.29, 0.717) is 0 Å². The van der Waals surface area contributed by atoms with Crippen LogP contribution in [-0.2, 0) is 9.59 Å². The highest BCUT2D eigenvalue weighted by Crippen LogP contribution is 2.32. The third-order valence-electron chi connectivity index (χ3n) is 3.90. The highest BCUT2D eigenvalue weighted by molar-refractivity contribution is 8.01. The second-order valence-electron chi connectivity index (χ2n) is 6.02. The number of fused-ring (bicyclic) bond motifs is 1. The van der Waals surface area contributed by atoms with Gasteiger partial charge in [0, 0.05) is 11.3 Å². The van der Waals surface area contributed by atoms with Gasteiger partial charge >= 0.3 is 0 Å². The van der Waals surface area contributed by atoms with E-state index in [1.165, 1.54) is 25.6 Å². The average Bonchev–Trinajstić information content (AvgIpc) is 2.88. The molecule has 3 aromatic rings. The van der Waals surface area contributed by atoms with Crippen LogP contribution in [0.2, 0.25) is 0 Å². The SMILES string of the molecule is CC(=O)C(Sc1cc(C)nc2c(-c3ccccc3)c(C)nn12)C(C)=O. The Kier molecular flexibility index (Phi) is 4.72. The van der Waals surface area contributed by atoms with E-state index in [1.54, 1.807) is 4.52 Å². The number of Topliss-reactive ketones (excluding diaryl/α,β-unsaturated/α-hetero) is 2. The summed E-state index contributed by atoms with van der Waals surface area (Å²) in [6.07, 6.45) is 0. The normalized spacial score (nSPS) is 11.2. The van der Waals surface area contributed by atoms with Crippen molar-refractivity contribution in [3.63, 3.8) is 0 Å². The van der Waals surface area contributed by atoms with Gasteiger partial charge in [0.05, 0.1) is 5.69 Å². The first-order chi connectivity index (χ1) is 11.9. The minimum Gasteiger partial charge on any atom is -0.298 e. The molecular formula is C19H19N3O2S. The van der Waals surface area contributed by atoms with Gasteiger partial charge in [-0.05, 0) is 39.3 Å². The van der Waals surface area contributed by atoms with Crippen molar-refractivity contribution in [2.45, 2.75) is 38.0 Å². The number of thioether (sulfide) groups is 1. The lowest BCUT2D eigenvalue weighted by atomic mass is 10.1. The molecule has 0 N–H and O–H groups in total. The topological polar surface area (TPSA) is 64.3 Å². The standard InChI is InChI=1S/C19H19N3O2S/c1-11-10-16(25-18(13(3)23)14(4)24)22-19(20-11)17(12(2)21-22)15-8-6-5-7-9-15/h5-10,18H,1-4H3. The van der Waals surface area contributed by atoms with E-state index in [9.17, 15) is 9.59 Å². The lowest BCUT2D eigenvalue weighted by Gasteiger charge is -2.11. The van der Waals surface area contributed by atoms with Crippen LogP contribution in [0.3, 0.4) is 0 Å². The molecule has 0 saturated carbocycles. The van der Waals surface area contributed by atoms with E-state index in [0.717, 1.165) is 33.2 Å². The van der Waals surface area contributed by atoms with Gasteiger partial charge in [-0.25, -0.2) is 9.50 Å². The molecule has 0 aliphatic carbocycles. The Balaban J connectivity index is 2.19. The number of ketones is 2. The molecule has 0 radical (unpaired) electrons. The molecule has 0 amide bonds. The monoisotopic (exact) mass is 353 g/mol. The summed E-state index contributed by atoms with van der Waals surface area (Å²) in [4.78, 5) is 28.3. The predicted octanol–water partition coefficient (Wildman–Crippen LogP) is 3.65. The summed E-state index contributed by atoms with van der Waals surface area (Å²) in [5.74, 6) is -0.320. The van der Waals surface area contributed by atoms with Crippen molar-refractivity contribution in [3.05, 3.63) is 47.8 Å². The van der Waals surface area contributed by atoms with Gasteiger partial charge in [-0.1, -0.05) is 42.1 Å². The van der Waals surface area contributed by atoms with E-state index in [4.69, 9.17) is 0 Å². The third-order valence-corrected chi connectivity index (χ3v) is 5.33. The molecule has 0 aliphatic heterocycles. The molecule has 5 nitrogen and oxygen atoms in total. The summed E-state index contributed by atoms with van der Waals surface area (Å²) in [5, 5.41) is 4.62. The molecule has 128 valence electrons. The van der Waals surface area contributed by atoms with Crippen LogP contribution in [0.15, 0.2) is 41.4 Å². The van der Waals surface area contributed by atoms with Gasteiger partial charge in [0.15, 0.2) is 17.2 Å². The number of hydrogen-bond donors (Lipinski definition) is 0. The first kappa shape index (κ1) is 17.4. The number of aryl methyl sites for hydroxylation is 2. The first-order valence-corrected chi connectivity index (χ1v) is 8.86. The zero-order valence-corrected chi connectivity index (χ0v) is 15.4. The second-order valence-corrected chi connectivity index (χ2v) is 7.14. The fourth-order valence-electron chi connectivity index (χ4n) is 2.81. The number of benzene rings is 1. The fraction of sp³-hybridized carbons (Fsp3) is 0.263. The summed E-state index contributed by atoms with van der Waals surface area (Å²) in [6, 6.07) is 11.8. The van der Waals surface area contributed by atoms with Crippen molar-refractivity contribution in [3.8, 4) is 11.1 Å². The molecule has 2 heterocycles. The Morgan fingerprint density at radius 3 is 2.32 bits per heavy atom. The van der Waals surface area contributed by atoms with Crippen molar-refractivity contribution < 1.29 is 9.59 Å². The first-order valence-electron chi connectivity index (χ1n) is 7.98. The maximum absolute atomic E-state index is 11.8. The molecule has 2 aromatic heterocycles. The van der Waals surface area contributed by atoms with Crippen molar-refractivity contribution >= 4 is 29.0 Å². The number of hydrogen-bond acceptors (Lipinski definition) is 5. The summed E-state index contributed by atoms with van der Waals surface area (Å²) >= 11 is 1.23. The molecule has 1 aromatic carbocycles. The molecule has 6 heteroatoms. The highest BCUT2D eigenvalue weighted by Gasteiger charge is 2.24. The summed E-state index contributed by atoms with van der Waals surface area (Å²) in [7, 11) is 0. The van der Waals surface area contributed by atoms with Gasteiger partial charge in [0.1, 0.15) is 10.3 Å². The minimum absolute atomic E-state index is 0.160. The molecular weight excluding hydrogens is 334 g/mol. The maximum atomic E-state index is 11.8. The average molecular weight is 353 g/mol. The summed E-state index contributed by atoms with van der Waals surface area (Å²) in [5.41, 5.74) is 4.41. The molecule has 0 fully saturated rings. The molecule has 0 bridgehead atoms. The number of nitrogens with zero attached hydrogens (tertiary/aromatic N) is 3. The number of rotatable bonds is 5. The molecule has 25 heavy (non-hydrogen) atoms. The maximum Gasteiger partial charge on any atom is 0.164 e. The second kappa shape index (κ2) is 6.80. The molecule has 0 spiro atoms. The van der Waals surface area contributed by atoms with E-state index < -0.39 is 5.25 Å². The van der Waals surface area contributed by atoms with Gasteiger partial charge in [-0.15, -0.1) is 0 Å². The lowest BCUT2D eigenvalue weighted by Crippen LogP contribution is -2.22.